The van der Waals surface area contributed by atoms with Gasteiger partial charge in [-0.1, -0.05) is 72.6 Å². The van der Waals surface area contributed by atoms with Crippen molar-refractivity contribution >= 4 is 33.2 Å². The van der Waals surface area contributed by atoms with Gasteiger partial charge in [-0.15, -0.1) is 0 Å². The second-order valence-corrected chi connectivity index (χ2v) is 11.9. The third kappa shape index (κ3) is 6.49. The summed E-state index contributed by atoms with van der Waals surface area (Å²) in [5, 5.41) is 3.66. The van der Waals surface area contributed by atoms with Crippen molar-refractivity contribution in [2.75, 3.05) is 11.4 Å². The van der Waals surface area contributed by atoms with E-state index < -0.39 is 10.0 Å². The first-order valence-corrected chi connectivity index (χ1v) is 14.8. The van der Waals surface area contributed by atoms with Crippen LogP contribution in [0.2, 0.25) is 5.02 Å². The number of hydrogen-bond acceptors (Lipinski definition) is 4. The number of ether oxygens (including phenoxy) is 1. The van der Waals surface area contributed by atoms with Crippen LogP contribution in [0.4, 0.5) is 5.69 Å². The van der Waals surface area contributed by atoms with Crippen LogP contribution in [0.15, 0.2) is 95.9 Å². The third-order valence-electron chi connectivity index (χ3n) is 6.80. The number of carbonyl (C=O) groups is 1. The zero-order valence-corrected chi connectivity index (χ0v) is 24.6. The van der Waals surface area contributed by atoms with E-state index in [1.54, 1.807) is 79.9 Å². The topological polar surface area (TPSA) is 75.7 Å². The maximum Gasteiger partial charge on any atom is 0.264 e. The van der Waals surface area contributed by atoms with Gasteiger partial charge in [-0.05, 0) is 79.4 Å². The molecule has 0 heterocycles. The van der Waals surface area contributed by atoms with Gasteiger partial charge in [0.1, 0.15) is 5.75 Å². The molecule has 0 radical (unpaired) electrons. The Hall–Kier alpha value is -3.81. The number of para-hydroxylation sites is 1. The molecular formula is C32H33ClN2O4S. The van der Waals surface area contributed by atoms with Crippen molar-refractivity contribution in [2.45, 2.75) is 44.7 Å². The summed E-state index contributed by atoms with van der Waals surface area (Å²) in [5.41, 5.74) is 4.13. The fourth-order valence-corrected chi connectivity index (χ4v) is 6.15. The molecule has 1 atom stereocenters. The lowest BCUT2D eigenvalue weighted by atomic mass is 10.0. The van der Waals surface area contributed by atoms with Gasteiger partial charge >= 0.3 is 0 Å². The van der Waals surface area contributed by atoms with E-state index in [2.05, 4.69) is 5.32 Å². The minimum atomic E-state index is -4.03. The number of anilines is 1. The number of nitrogens with one attached hydrogen (secondary N) is 1. The fraction of sp³-hybridized carbons (Fsp3) is 0.219. The maximum atomic E-state index is 14.0. The molecule has 0 aliphatic heterocycles. The zero-order chi connectivity index (χ0) is 28.9. The van der Waals surface area contributed by atoms with Crippen molar-refractivity contribution in [1.82, 2.24) is 5.32 Å². The quantitative estimate of drug-likeness (QED) is 0.216. The molecule has 0 aliphatic carbocycles. The van der Waals surface area contributed by atoms with Crippen LogP contribution in [0, 0.1) is 13.8 Å². The Morgan fingerprint density at radius 3 is 2.25 bits per heavy atom. The molecule has 0 aliphatic rings. The molecule has 0 saturated carbocycles. The van der Waals surface area contributed by atoms with E-state index in [0.29, 0.717) is 11.4 Å². The Kier molecular flexibility index (Phi) is 9.17. The second-order valence-electron chi connectivity index (χ2n) is 9.63. The summed E-state index contributed by atoms with van der Waals surface area (Å²) in [6.07, 6.45) is 0.649. The highest BCUT2D eigenvalue weighted by molar-refractivity contribution is 7.92. The van der Waals surface area contributed by atoms with Gasteiger partial charge < -0.3 is 10.1 Å². The number of amides is 1. The van der Waals surface area contributed by atoms with Crippen LogP contribution in [-0.2, 0) is 16.6 Å². The smallest absolute Gasteiger partial charge is 0.264 e. The number of nitrogens with zero attached hydrogens (tertiary/aromatic N) is 1. The Morgan fingerprint density at radius 1 is 0.950 bits per heavy atom. The minimum Gasteiger partial charge on any atom is -0.496 e. The van der Waals surface area contributed by atoms with Crippen LogP contribution >= 0.6 is 11.6 Å². The first kappa shape index (κ1) is 29.2. The van der Waals surface area contributed by atoms with Crippen molar-refractivity contribution in [2.24, 2.45) is 0 Å². The average molecular weight is 577 g/mol. The highest BCUT2D eigenvalue weighted by atomic mass is 35.5. The summed E-state index contributed by atoms with van der Waals surface area (Å²) in [5.74, 6) is 0.408. The summed E-state index contributed by atoms with van der Waals surface area (Å²) < 4.78 is 34.8. The number of rotatable bonds is 10. The van der Waals surface area contributed by atoms with Gasteiger partial charge in [0.05, 0.1) is 35.8 Å². The number of carbonyl (C=O) groups excluding carboxylic acids is 1. The van der Waals surface area contributed by atoms with Gasteiger partial charge in [-0.2, -0.15) is 0 Å². The first-order valence-electron chi connectivity index (χ1n) is 13.0. The number of benzene rings is 4. The van der Waals surface area contributed by atoms with Crippen molar-refractivity contribution in [3.8, 4) is 5.75 Å². The predicted octanol–water partition coefficient (Wildman–Crippen LogP) is 7.24. The molecule has 208 valence electrons. The summed E-state index contributed by atoms with van der Waals surface area (Å²) >= 11 is 6.08. The average Bonchev–Trinajstić information content (AvgIpc) is 2.95. The minimum absolute atomic E-state index is 0.0204. The predicted molar refractivity (Wildman–Crippen MR) is 161 cm³/mol. The van der Waals surface area contributed by atoms with E-state index in [1.807, 2.05) is 39.0 Å². The largest absolute Gasteiger partial charge is 0.496 e. The monoisotopic (exact) mass is 576 g/mol. The molecule has 1 unspecified atom stereocenters. The molecule has 0 fully saturated rings. The van der Waals surface area contributed by atoms with Crippen molar-refractivity contribution in [3.63, 3.8) is 0 Å². The van der Waals surface area contributed by atoms with Crippen molar-refractivity contribution < 1.29 is 17.9 Å². The van der Waals surface area contributed by atoms with Crippen LogP contribution < -0.4 is 14.4 Å². The van der Waals surface area contributed by atoms with Crippen LogP contribution in [0.5, 0.6) is 5.75 Å². The van der Waals surface area contributed by atoms with Crippen LogP contribution in [-0.4, -0.2) is 21.4 Å². The molecule has 0 spiro atoms. The number of aryl methyl sites for hydroxylation is 2. The van der Waals surface area contributed by atoms with E-state index in [1.165, 1.54) is 4.31 Å². The molecule has 0 saturated heterocycles. The Morgan fingerprint density at radius 2 is 1.62 bits per heavy atom. The lowest BCUT2D eigenvalue weighted by Crippen LogP contribution is -2.34. The Balaban J connectivity index is 1.75. The van der Waals surface area contributed by atoms with Gasteiger partial charge in [-0.3, -0.25) is 9.10 Å². The van der Waals surface area contributed by atoms with Gasteiger partial charge in [0.15, 0.2) is 0 Å². The molecule has 4 aromatic rings. The Bertz CT molecular complexity index is 1590. The Labute approximate surface area is 241 Å². The molecule has 1 amide bonds. The van der Waals surface area contributed by atoms with E-state index in [0.717, 1.165) is 28.0 Å². The van der Waals surface area contributed by atoms with E-state index in [-0.39, 0.29) is 34.6 Å². The summed E-state index contributed by atoms with van der Waals surface area (Å²) in [4.78, 5) is 13.9. The number of halogens is 1. The SMILES string of the molecule is CCC(NC(=O)c1ccccc1N(Cc1ccc(Cl)cc1)S(=O)(=O)c1ccc(C)cc1)c1ccc(OC)c(C)c1. The molecule has 8 heteroatoms. The van der Waals surface area contributed by atoms with E-state index in [9.17, 15) is 13.2 Å². The highest BCUT2D eigenvalue weighted by Crippen LogP contribution is 2.31. The molecular weight excluding hydrogens is 544 g/mol. The summed E-state index contributed by atoms with van der Waals surface area (Å²) in [6, 6.07) is 26.0. The van der Waals surface area contributed by atoms with Gasteiger partial charge in [0.2, 0.25) is 0 Å². The molecule has 0 bridgehead atoms. The standard InChI is InChI=1S/C32H33ClN2O4S/c1-5-29(25-14-19-31(39-4)23(3)20-25)34-32(36)28-8-6-7-9-30(28)35(21-24-12-15-26(33)16-13-24)40(37,38)27-17-10-22(2)11-18-27/h6-20,29H,5,21H2,1-4H3,(H,34,36). The van der Waals surface area contributed by atoms with Crippen LogP contribution in [0.25, 0.3) is 0 Å². The van der Waals surface area contributed by atoms with Gasteiger partial charge in [0.25, 0.3) is 15.9 Å². The van der Waals surface area contributed by atoms with Gasteiger partial charge in [0, 0.05) is 5.02 Å². The van der Waals surface area contributed by atoms with Crippen molar-refractivity contribution in [1.29, 1.82) is 0 Å². The molecule has 0 aromatic heterocycles. The van der Waals surface area contributed by atoms with Crippen LogP contribution in [0.1, 0.15) is 52.0 Å². The maximum absolute atomic E-state index is 14.0. The summed E-state index contributed by atoms with van der Waals surface area (Å²) in [7, 11) is -2.40. The fourth-order valence-electron chi connectivity index (χ4n) is 4.55. The van der Waals surface area contributed by atoms with Crippen LogP contribution in [0.3, 0.4) is 0 Å². The number of sulfonamides is 1. The lowest BCUT2D eigenvalue weighted by molar-refractivity contribution is 0.0936. The molecule has 6 nitrogen and oxygen atoms in total. The second kappa shape index (κ2) is 12.6. The highest BCUT2D eigenvalue weighted by Gasteiger charge is 2.29. The first-order chi connectivity index (χ1) is 19.1. The molecule has 4 rings (SSSR count). The van der Waals surface area contributed by atoms with Crippen molar-refractivity contribution in [3.05, 3.63) is 124 Å². The van der Waals surface area contributed by atoms with E-state index >= 15 is 0 Å². The molecule has 40 heavy (non-hydrogen) atoms. The number of hydrogen-bond donors (Lipinski definition) is 1. The summed E-state index contributed by atoms with van der Waals surface area (Å²) in [6.45, 7) is 5.87. The molecule has 1 N–H and O–H groups in total. The van der Waals surface area contributed by atoms with E-state index in [4.69, 9.17) is 16.3 Å². The normalized spacial score (nSPS) is 12.0. The molecule has 4 aromatic carbocycles. The third-order valence-corrected chi connectivity index (χ3v) is 8.83. The van der Waals surface area contributed by atoms with Gasteiger partial charge in [-0.25, -0.2) is 8.42 Å². The zero-order valence-electron chi connectivity index (χ0n) is 23.0. The number of methoxy groups -OCH3 is 1. The lowest BCUT2D eigenvalue weighted by Gasteiger charge is -2.27.